The minimum Gasteiger partial charge on any atom is -0.444 e. The normalized spacial score (nSPS) is 19.7. The number of carbonyl (C=O) groups is 1. The minimum absolute atomic E-state index is 0.0285. The Hall–Kier alpha value is -3.14. The number of aliphatic hydroxyl groups excluding tert-OH is 1. The lowest BCUT2D eigenvalue weighted by atomic mass is 9.90. The van der Waals surface area contributed by atoms with Gasteiger partial charge in [-0.2, -0.15) is 14.7 Å². The molecule has 1 fully saturated rings. The third kappa shape index (κ3) is 4.20. The molecule has 4 heterocycles. The molecule has 31 heavy (non-hydrogen) atoms. The molecule has 2 atom stereocenters. The van der Waals surface area contributed by atoms with Gasteiger partial charge in [0.25, 0.3) is 0 Å². The van der Waals surface area contributed by atoms with Gasteiger partial charge in [-0.15, -0.1) is 0 Å². The van der Waals surface area contributed by atoms with E-state index in [9.17, 15) is 9.90 Å². The van der Waals surface area contributed by atoms with Gasteiger partial charge in [-0.1, -0.05) is 0 Å². The number of carbonyl (C=O) groups excluding carboxylic acids is 1. The van der Waals surface area contributed by atoms with Gasteiger partial charge in [0.1, 0.15) is 11.4 Å². The predicted octanol–water partition coefficient (Wildman–Crippen LogP) is 2.19. The number of aromatic nitrogens is 5. The quantitative estimate of drug-likeness (QED) is 0.656. The lowest BCUT2D eigenvalue weighted by molar-refractivity contribution is -0.00118. The second-order valence-corrected chi connectivity index (χ2v) is 9.05. The molecule has 0 radical (unpaired) electrons. The highest BCUT2D eigenvalue weighted by atomic mass is 16.6. The maximum atomic E-state index is 12.8. The van der Waals surface area contributed by atoms with Crippen LogP contribution in [0.15, 0.2) is 24.7 Å². The molecule has 3 aromatic rings. The largest absolute Gasteiger partial charge is 0.444 e. The number of hydrogen-bond acceptors (Lipinski definition) is 7. The third-order valence-corrected chi connectivity index (χ3v) is 5.50. The molecule has 1 aliphatic rings. The zero-order chi connectivity index (χ0) is 22.3. The lowest BCUT2D eigenvalue weighted by Gasteiger charge is -2.39. The van der Waals surface area contributed by atoms with E-state index in [0.29, 0.717) is 24.4 Å². The van der Waals surface area contributed by atoms with Gasteiger partial charge >= 0.3 is 6.09 Å². The smallest absolute Gasteiger partial charge is 0.410 e. The van der Waals surface area contributed by atoms with Crippen molar-refractivity contribution in [3.8, 4) is 11.1 Å². The van der Waals surface area contributed by atoms with Crippen LogP contribution in [0.2, 0.25) is 0 Å². The molecular formula is C21H29N7O3. The summed E-state index contributed by atoms with van der Waals surface area (Å²) in [6.45, 7) is 5.79. The molecule has 0 saturated carbocycles. The van der Waals surface area contributed by atoms with Crippen molar-refractivity contribution in [1.29, 1.82) is 0 Å². The highest BCUT2D eigenvalue weighted by Gasteiger charge is 2.35. The number of anilines is 1. The van der Waals surface area contributed by atoms with Crippen molar-refractivity contribution >= 4 is 17.6 Å². The number of likely N-dealkylation sites (tertiary alicyclic amines) is 1. The van der Waals surface area contributed by atoms with E-state index in [-0.39, 0.29) is 18.6 Å². The van der Waals surface area contributed by atoms with Crippen molar-refractivity contribution in [2.75, 3.05) is 18.9 Å². The molecule has 0 bridgehead atoms. The van der Waals surface area contributed by atoms with Crippen LogP contribution >= 0.6 is 0 Å². The van der Waals surface area contributed by atoms with Gasteiger partial charge in [0.2, 0.25) is 0 Å². The number of aliphatic hydroxyl groups is 1. The molecule has 0 aromatic carbocycles. The average Bonchev–Trinajstić information content (AvgIpc) is 3.32. The van der Waals surface area contributed by atoms with Crippen LogP contribution in [0.1, 0.15) is 45.2 Å². The number of nitrogens with two attached hydrogens (primary N) is 1. The van der Waals surface area contributed by atoms with E-state index in [0.717, 1.165) is 23.2 Å². The fourth-order valence-electron chi connectivity index (χ4n) is 3.98. The molecule has 4 rings (SSSR count). The summed E-state index contributed by atoms with van der Waals surface area (Å²) in [6.07, 6.45) is 6.41. The first-order valence-corrected chi connectivity index (χ1v) is 10.4. The first-order chi connectivity index (χ1) is 14.7. The van der Waals surface area contributed by atoms with Crippen molar-refractivity contribution in [3.63, 3.8) is 0 Å². The molecule has 3 N–H and O–H groups in total. The summed E-state index contributed by atoms with van der Waals surface area (Å²) in [5.41, 5.74) is 8.86. The Kier molecular flexibility index (Phi) is 5.34. The number of nitrogen functional groups attached to an aromatic ring is 1. The lowest BCUT2D eigenvalue weighted by Crippen LogP contribution is -2.49. The van der Waals surface area contributed by atoms with Crippen molar-refractivity contribution in [1.82, 2.24) is 29.3 Å². The van der Waals surface area contributed by atoms with Crippen LogP contribution in [0.5, 0.6) is 0 Å². The van der Waals surface area contributed by atoms with Crippen molar-refractivity contribution in [2.45, 2.75) is 51.2 Å². The van der Waals surface area contributed by atoms with Gasteiger partial charge in [0.15, 0.2) is 5.65 Å². The summed E-state index contributed by atoms with van der Waals surface area (Å²) >= 11 is 0. The van der Waals surface area contributed by atoms with Crippen LogP contribution in [0, 0.1) is 0 Å². The summed E-state index contributed by atoms with van der Waals surface area (Å²) in [5.74, 6) is 0.447. The van der Waals surface area contributed by atoms with Crippen LogP contribution in [-0.2, 0) is 11.8 Å². The van der Waals surface area contributed by atoms with Gasteiger partial charge in [-0.25, -0.2) is 9.78 Å². The van der Waals surface area contributed by atoms with Crippen LogP contribution in [0.3, 0.4) is 0 Å². The zero-order valence-corrected chi connectivity index (χ0v) is 18.3. The fourth-order valence-corrected chi connectivity index (χ4v) is 3.98. The van der Waals surface area contributed by atoms with Gasteiger partial charge in [0.05, 0.1) is 30.7 Å². The van der Waals surface area contributed by atoms with E-state index in [2.05, 4.69) is 10.2 Å². The topological polar surface area (TPSA) is 124 Å². The average molecular weight is 428 g/mol. The SMILES string of the molecule is Cn1cc(-c2cnn3c(N)cc([C@H]4CC[C@@H](CO)N(C(=O)OC(C)(C)C)C4)nc23)cn1. The maximum absolute atomic E-state index is 12.8. The summed E-state index contributed by atoms with van der Waals surface area (Å²) < 4.78 is 8.89. The zero-order valence-electron chi connectivity index (χ0n) is 18.3. The molecule has 0 unspecified atom stereocenters. The summed E-state index contributed by atoms with van der Waals surface area (Å²) in [6, 6.07) is 1.54. The first-order valence-electron chi connectivity index (χ1n) is 10.4. The number of piperidine rings is 1. The molecule has 0 aliphatic carbocycles. The molecule has 1 saturated heterocycles. The third-order valence-electron chi connectivity index (χ3n) is 5.50. The van der Waals surface area contributed by atoms with E-state index in [4.69, 9.17) is 15.5 Å². The summed E-state index contributed by atoms with van der Waals surface area (Å²) in [5, 5.41) is 18.4. The van der Waals surface area contributed by atoms with Gasteiger partial charge < -0.3 is 20.5 Å². The van der Waals surface area contributed by atoms with E-state index < -0.39 is 11.7 Å². The monoisotopic (exact) mass is 427 g/mol. The fraction of sp³-hybridized carbons (Fsp3) is 0.524. The van der Waals surface area contributed by atoms with Gasteiger partial charge in [-0.3, -0.25) is 4.68 Å². The maximum Gasteiger partial charge on any atom is 0.410 e. The summed E-state index contributed by atoms with van der Waals surface area (Å²) in [7, 11) is 1.85. The Morgan fingerprint density at radius 3 is 2.71 bits per heavy atom. The Bertz CT molecular complexity index is 1100. The molecule has 0 spiro atoms. The molecule has 166 valence electrons. The number of hydrogen-bond donors (Lipinski definition) is 2. The molecule has 10 nitrogen and oxygen atoms in total. The second-order valence-electron chi connectivity index (χ2n) is 9.05. The molecule has 1 aliphatic heterocycles. The number of rotatable bonds is 3. The Morgan fingerprint density at radius 1 is 1.29 bits per heavy atom. The van der Waals surface area contributed by atoms with Crippen molar-refractivity contribution in [2.24, 2.45) is 7.05 Å². The molecular weight excluding hydrogens is 398 g/mol. The van der Waals surface area contributed by atoms with Crippen molar-refractivity contribution in [3.05, 3.63) is 30.4 Å². The van der Waals surface area contributed by atoms with E-state index in [1.165, 1.54) is 0 Å². The van der Waals surface area contributed by atoms with Crippen LogP contribution in [0.25, 0.3) is 16.8 Å². The standard InChI is InChI=1S/C21H29N7O3/c1-21(2,3)31-20(30)27-11-13(5-6-15(27)12-29)17-7-18(22)28-19(25-17)16(9-24-28)14-8-23-26(4)10-14/h7-10,13,15,29H,5-6,11-12,22H2,1-4H3/t13-,15-/m0/s1. The van der Waals surface area contributed by atoms with Crippen LogP contribution in [0.4, 0.5) is 10.6 Å². The number of ether oxygens (including phenoxy) is 1. The molecule has 10 heteroatoms. The Labute approximate surface area is 180 Å². The van der Waals surface area contributed by atoms with Gasteiger partial charge in [-0.05, 0) is 33.6 Å². The molecule has 3 aromatic heterocycles. The number of aryl methyl sites for hydroxylation is 1. The number of nitrogens with zero attached hydrogens (tertiary/aromatic N) is 6. The van der Waals surface area contributed by atoms with Crippen LogP contribution in [-0.4, -0.2) is 65.3 Å². The second kappa shape index (κ2) is 7.84. The number of amides is 1. The Morgan fingerprint density at radius 2 is 2.06 bits per heavy atom. The predicted molar refractivity (Wildman–Crippen MR) is 115 cm³/mol. The van der Waals surface area contributed by atoms with Crippen molar-refractivity contribution < 1.29 is 14.6 Å². The van der Waals surface area contributed by atoms with E-state index >= 15 is 0 Å². The summed E-state index contributed by atoms with van der Waals surface area (Å²) in [4.78, 5) is 19.2. The van der Waals surface area contributed by atoms with Crippen LogP contribution < -0.4 is 5.73 Å². The first kappa shape index (κ1) is 21.1. The van der Waals surface area contributed by atoms with Gasteiger partial charge in [0, 0.05) is 42.9 Å². The molecule has 1 amide bonds. The van der Waals surface area contributed by atoms with E-state index in [1.807, 2.05) is 40.1 Å². The van der Waals surface area contributed by atoms with E-state index in [1.54, 1.807) is 26.5 Å². The Balaban J connectivity index is 1.67. The number of fused-ring (bicyclic) bond motifs is 1. The minimum atomic E-state index is -0.609. The highest BCUT2D eigenvalue weighted by Crippen LogP contribution is 2.33. The highest BCUT2D eigenvalue weighted by molar-refractivity contribution is 5.77.